The van der Waals surface area contributed by atoms with Crippen molar-refractivity contribution in [2.75, 3.05) is 0 Å². The second-order valence-electron chi connectivity index (χ2n) is 3.49. The first-order chi connectivity index (χ1) is 6.76. The highest BCUT2D eigenvalue weighted by atomic mass is 15.0. The van der Waals surface area contributed by atoms with E-state index in [4.69, 9.17) is 5.73 Å². The van der Waals surface area contributed by atoms with Crippen LogP contribution in [0.3, 0.4) is 0 Å². The molecule has 0 atom stereocenters. The minimum absolute atomic E-state index is 0.507. The van der Waals surface area contributed by atoms with Crippen LogP contribution in [0.4, 0.5) is 0 Å². The van der Waals surface area contributed by atoms with Gasteiger partial charge in [0.2, 0.25) is 0 Å². The molecule has 3 heteroatoms. The van der Waals surface area contributed by atoms with Gasteiger partial charge in [0.25, 0.3) is 0 Å². The number of nitrogens with zero attached hydrogens (tertiary/aromatic N) is 2. The lowest BCUT2D eigenvalue weighted by molar-refractivity contribution is 0.914. The predicted octanol–water partition coefficient (Wildman–Crippen LogP) is 1.66. The smallest absolute Gasteiger partial charge is 0.113 e. The first-order valence-electron chi connectivity index (χ1n) is 4.92. The molecule has 0 saturated heterocycles. The van der Waals surface area contributed by atoms with Crippen molar-refractivity contribution in [2.45, 2.75) is 26.8 Å². The zero-order valence-corrected chi connectivity index (χ0v) is 8.62. The molecule has 2 heterocycles. The minimum atomic E-state index is 0.507. The quantitative estimate of drug-likeness (QED) is 0.780. The van der Waals surface area contributed by atoms with Gasteiger partial charge in [-0.15, -0.1) is 0 Å². The van der Waals surface area contributed by atoms with Gasteiger partial charge in [0.15, 0.2) is 0 Å². The highest BCUT2D eigenvalue weighted by molar-refractivity contribution is 5.54. The second kappa shape index (κ2) is 3.42. The molecule has 2 rings (SSSR count). The number of imidazole rings is 1. The van der Waals surface area contributed by atoms with Gasteiger partial charge >= 0.3 is 0 Å². The molecule has 0 fully saturated rings. The maximum Gasteiger partial charge on any atom is 0.113 e. The summed E-state index contributed by atoms with van der Waals surface area (Å²) in [5.74, 6) is 1.08. The fraction of sp³-hybridized carbons (Fsp3) is 0.364. The van der Waals surface area contributed by atoms with Crippen LogP contribution in [-0.2, 0) is 13.0 Å². The third-order valence-electron chi connectivity index (χ3n) is 2.46. The van der Waals surface area contributed by atoms with Crippen molar-refractivity contribution in [3.05, 3.63) is 35.4 Å². The van der Waals surface area contributed by atoms with Gasteiger partial charge in [-0.2, -0.15) is 0 Å². The number of rotatable bonds is 2. The molecule has 14 heavy (non-hydrogen) atoms. The molecule has 0 bridgehead atoms. The number of aryl methyl sites for hydroxylation is 2. The number of pyridine rings is 1. The van der Waals surface area contributed by atoms with Gasteiger partial charge in [0.1, 0.15) is 5.82 Å². The van der Waals surface area contributed by atoms with Gasteiger partial charge < -0.3 is 10.1 Å². The monoisotopic (exact) mass is 189 g/mol. The molecule has 2 aromatic heterocycles. The molecule has 2 aromatic rings. The Morgan fingerprint density at radius 2 is 2.29 bits per heavy atom. The number of nitrogens with two attached hydrogens (primary N) is 1. The van der Waals surface area contributed by atoms with E-state index in [1.54, 1.807) is 0 Å². The summed E-state index contributed by atoms with van der Waals surface area (Å²) in [5, 5.41) is 0. The summed E-state index contributed by atoms with van der Waals surface area (Å²) in [4.78, 5) is 4.51. The van der Waals surface area contributed by atoms with Crippen LogP contribution >= 0.6 is 0 Å². The van der Waals surface area contributed by atoms with E-state index in [1.807, 2.05) is 0 Å². The molecule has 0 radical (unpaired) electrons. The Morgan fingerprint density at radius 1 is 1.50 bits per heavy atom. The van der Waals surface area contributed by atoms with E-state index in [2.05, 4.69) is 41.6 Å². The Kier molecular flexibility index (Phi) is 2.25. The normalized spacial score (nSPS) is 11.1. The van der Waals surface area contributed by atoms with Crippen LogP contribution in [0.2, 0.25) is 0 Å². The third-order valence-corrected chi connectivity index (χ3v) is 2.46. The summed E-state index contributed by atoms with van der Waals surface area (Å²) < 4.78 is 2.12. The van der Waals surface area contributed by atoms with Crippen LogP contribution in [0.1, 0.15) is 24.0 Å². The summed E-state index contributed by atoms with van der Waals surface area (Å²) in [6, 6.07) is 4.22. The Balaban J connectivity index is 2.75. The highest BCUT2D eigenvalue weighted by Crippen LogP contribution is 2.14. The van der Waals surface area contributed by atoms with Crippen LogP contribution in [0.25, 0.3) is 5.52 Å². The molecule has 3 nitrogen and oxygen atoms in total. The SMILES string of the molecule is CCc1nc(CN)c2cc(C)ccn12. The fourth-order valence-corrected chi connectivity index (χ4v) is 1.72. The van der Waals surface area contributed by atoms with Gasteiger partial charge in [0.05, 0.1) is 11.2 Å². The van der Waals surface area contributed by atoms with E-state index in [-0.39, 0.29) is 0 Å². The Bertz CT molecular complexity index is 457. The van der Waals surface area contributed by atoms with E-state index >= 15 is 0 Å². The van der Waals surface area contributed by atoms with E-state index in [0.717, 1.165) is 23.5 Å². The molecule has 74 valence electrons. The maximum absolute atomic E-state index is 5.66. The minimum Gasteiger partial charge on any atom is -0.325 e. The molecule has 0 aliphatic carbocycles. The largest absolute Gasteiger partial charge is 0.325 e. The predicted molar refractivity (Wildman–Crippen MR) is 57.2 cm³/mol. The molecule has 0 unspecified atom stereocenters. The summed E-state index contributed by atoms with van der Waals surface area (Å²) in [5.41, 5.74) is 9.04. The highest BCUT2D eigenvalue weighted by Gasteiger charge is 2.07. The Labute approximate surface area is 83.6 Å². The zero-order chi connectivity index (χ0) is 10.1. The van der Waals surface area contributed by atoms with Crippen LogP contribution in [0, 0.1) is 6.92 Å². The van der Waals surface area contributed by atoms with E-state index in [9.17, 15) is 0 Å². The molecule has 0 amide bonds. The number of fused-ring (bicyclic) bond motifs is 1. The van der Waals surface area contributed by atoms with Gasteiger partial charge in [-0.05, 0) is 24.6 Å². The van der Waals surface area contributed by atoms with Gasteiger partial charge in [-0.25, -0.2) is 4.98 Å². The third kappa shape index (κ3) is 1.30. The Morgan fingerprint density at radius 3 is 2.93 bits per heavy atom. The van der Waals surface area contributed by atoms with E-state index < -0.39 is 0 Å². The van der Waals surface area contributed by atoms with E-state index in [0.29, 0.717) is 6.54 Å². The van der Waals surface area contributed by atoms with Crippen LogP contribution < -0.4 is 5.73 Å². The van der Waals surface area contributed by atoms with Crippen molar-refractivity contribution < 1.29 is 0 Å². The van der Waals surface area contributed by atoms with Crippen LogP contribution in [0.5, 0.6) is 0 Å². The maximum atomic E-state index is 5.66. The number of hydrogen-bond donors (Lipinski definition) is 1. The van der Waals surface area contributed by atoms with Crippen molar-refractivity contribution in [3.8, 4) is 0 Å². The van der Waals surface area contributed by atoms with Gasteiger partial charge in [-0.1, -0.05) is 6.92 Å². The Hall–Kier alpha value is -1.35. The van der Waals surface area contributed by atoms with Crippen LogP contribution in [0.15, 0.2) is 18.3 Å². The second-order valence-corrected chi connectivity index (χ2v) is 3.49. The zero-order valence-electron chi connectivity index (χ0n) is 8.62. The number of aromatic nitrogens is 2. The molecule has 0 aliphatic heterocycles. The van der Waals surface area contributed by atoms with Crippen molar-refractivity contribution in [1.29, 1.82) is 0 Å². The van der Waals surface area contributed by atoms with Gasteiger partial charge in [-0.3, -0.25) is 0 Å². The van der Waals surface area contributed by atoms with Crippen molar-refractivity contribution in [1.82, 2.24) is 9.38 Å². The average Bonchev–Trinajstić information content (AvgIpc) is 2.55. The molecule has 0 saturated carbocycles. The molecular weight excluding hydrogens is 174 g/mol. The fourth-order valence-electron chi connectivity index (χ4n) is 1.72. The van der Waals surface area contributed by atoms with Crippen molar-refractivity contribution in [2.24, 2.45) is 5.73 Å². The topological polar surface area (TPSA) is 43.3 Å². The summed E-state index contributed by atoms with van der Waals surface area (Å²) in [7, 11) is 0. The summed E-state index contributed by atoms with van der Waals surface area (Å²) in [6.45, 7) is 4.70. The molecular formula is C11H15N3. The van der Waals surface area contributed by atoms with E-state index in [1.165, 1.54) is 5.56 Å². The molecule has 0 aromatic carbocycles. The summed E-state index contributed by atoms with van der Waals surface area (Å²) >= 11 is 0. The molecule has 0 aliphatic rings. The van der Waals surface area contributed by atoms with Crippen molar-refractivity contribution >= 4 is 5.52 Å². The van der Waals surface area contributed by atoms with Crippen molar-refractivity contribution in [3.63, 3.8) is 0 Å². The van der Waals surface area contributed by atoms with Crippen LogP contribution in [-0.4, -0.2) is 9.38 Å². The number of hydrogen-bond acceptors (Lipinski definition) is 2. The molecule has 0 spiro atoms. The lowest BCUT2D eigenvalue weighted by atomic mass is 10.2. The first kappa shape index (κ1) is 9.21. The summed E-state index contributed by atoms with van der Waals surface area (Å²) in [6.07, 6.45) is 3.00. The standard InChI is InChI=1S/C11H15N3/c1-3-11-13-9(7-12)10-6-8(2)4-5-14(10)11/h4-6H,3,7,12H2,1-2H3. The molecule has 2 N–H and O–H groups in total. The average molecular weight is 189 g/mol. The lowest BCUT2D eigenvalue weighted by Crippen LogP contribution is -1.97. The lowest BCUT2D eigenvalue weighted by Gasteiger charge is -1.99. The van der Waals surface area contributed by atoms with Gasteiger partial charge in [0, 0.05) is 19.2 Å². The first-order valence-corrected chi connectivity index (χ1v) is 4.92.